The Morgan fingerprint density at radius 2 is 2.29 bits per heavy atom. The number of rotatable bonds is 5. The Kier molecular flexibility index (Phi) is 4.45. The van der Waals surface area contributed by atoms with Crippen LogP contribution >= 0.6 is 11.8 Å². The minimum absolute atomic E-state index is 0.0971. The highest BCUT2D eigenvalue weighted by molar-refractivity contribution is 8.00. The number of hydrogen-bond donors (Lipinski definition) is 2. The molecule has 1 unspecified atom stereocenters. The van der Waals surface area contributed by atoms with E-state index in [-0.39, 0.29) is 5.91 Å². The van der Waals surface area contributed by atoms with E-state index in [1.54, 1.807) is 7.05 Å². The summed E-state index contributed by atoms with van der Waals surface area (Å²) in [5, 5.41) is 6.58. The zero-order valence-corrected chi connectivity index (χ0v) is 10.8. The summed E-state index contributed by atoms with van der Waals surface area (Å²) < 4.78 is 0. The predicted molar refractivity (Wildman–Crippen MR) is 71.3 cm³/mol. The molecule has 0 saturated carbocycles. The van der Waals surface area contributed by atoms with Crippen LogP contribution in [0.15, 0.2) is 29.2 Å². The molecule has 0 radical (unpaired) electrons. The van der Waals surface area contributed by atoms with E-state index in [2.05, 4.69) is 34.9 Å². The molecule has 1 aromatic rings. The molecule has 0 aromatic heterocycles. The molecule has 1 heterocycles. The van der Waals surface area contributed by atoms with Crippen LogP contribution in [0.1, 0.15) is 12.0 Å². The van der Waals surface area contributed by atoms with Crippen LogP contribution in [0.25, 0.3) is 0 Å². The van der Waals surface area contributed by atoms with Gasteiger partial charge in [0.05, 0.1) is 0 Å². The number of thioether (sulfide) groups is 1. The molecule has 4 heteroatoms. The fourth-order valence-corrected chi connectivity index (χ4v) is 3.24. The van der Waals surface area contributed by atoms with Crippen molar-refractivity contribution in [3.8, 4) is 0 Å². The predicted octanol–water partition coefficient (Wildman–Crippen LogP) is 1.43. The van der Waals surface area contributed by atoms with E-state index in [9.17, 15) is 4.79 Å². The second kappa shape index (κ2) is 6.07. The average molecular weight is 250 g/mol. The van der Waals surface area contributed by atoms with Gasteiger partial charge < -0.3 is 10.6 Å². The standard InChI is InChI=1S/C13H18N2OS/c1-14-13(16)6-7-15-9-11-8-10-4-2-3-5-12(10)17-11/h2-5,11,15H,6-9H2,1H3,(H,14,16). The molecular formula is C13H18N2OS. The molecule has 17 heavy (non-hydrogen) atoms. The van der Waals surface area contributed by atoms with E-state index < -0.39 is 0 Å². The SMILES string of the molecule is CNC(=O)CCNCC1Cc2ccccc2S1. The van der Waals surface area contributed by atoms with E-state index in [1.807, 2.05) is 11.8 Å². The summed E-state index contributed by atoms with van der Waals surface area (Å²) in [5.74, 6) is 0.0971. The van der Waals surface area contributed by atoms with Gasteiger partial charge in [0.2, 0.25) is 5.91 Å². The van der Waals surface area contributed by atoms with Crippen LogP contribution in [0.5, 0.6) is 0 Å². The number of fused-ring (bicyclic) bond motifs is 1. The summed E-state index contributed by atoms with van der Waals surface area (Å²) in [7, 11) is 1.67. The molecule has 0 aliphatic carbocycles. The molecule has 2 N–H and O–H groups in total. The zero-order valence-electron chi connectivity index (χ0n) is 10.0. The molecule has 1 aliphatic heterocycles. The van der Waals surface area contributed by atoms with Gasteiger partial charge in [0.1, 0.15) is 0 Å². The lowest BCUT2D eigenvalue weighted by Crippen LogP contribution is -2.29. The molecular weight excluding hydrogens is 232 g/mol. The van der Waals surface area contributed by atoms with Crippen LogP contribution in [-0.4, -0.2) is 31.3 Å². The molecule has 2 rings (SSSR count). The van der Waals surface area contributed by atoms with Crippen LogP contribution in [-0.2, 0) is 11.2 Å². The van der Waals surface area contributed by atoms with Crippen LogP contribution < -0.4 is 10.6 Å². The highest BCUT2D eigenvalue weighted by Crippen LogP contribution is 2.36. The Morgan fingerprint density at radius 3 is 3.06 bits per heavy atom. The smallest absolute Gasteiger partial charge is 0.221 e. The van der Waals surface area contributed by atoms with Gasteiger partial charge in [0.15, 0.2) is 0 Å². The monoisotopic (exact) mass is 250 g/mol. The lowest BCUT2D eigenvalue weighted by atomic mass is 10.1. The van der Waals surface area contributed by atoms with E-state index in [1.165, 1.54) is 10.5 Å². The van der Waals surface area contributed by atoms with Gasteiger partial charge in [-0.05, 0) is 18.1 Å². The summed E-state index contributed by atoms with van der Waals surface area (Å²) in [6.45, 7) is 1.73. The fourth-order valence-electron chi connectivity index (χ4n) is 1.96. The van der Waals surface area contributed by atoms with E-state index >= 15 is 0 Å². The maximum absolute atomic E-state index is 11.0. The molecule has 3 nitrogen and oxygen atoms in total. The van der Waals surface area contributed by atoms with Crippen LogP contribution in [0.4, 0.5) is 0 Å². The summed E-state index contributed by atoms with van der Waals surface area (Å²) in [5.41, 5.74) is 1.45. The first-order valence-corrected chi connectivity index (χ1v) is 6.83. The number of benzene rings is 1. The number of hydrogen-bond acceptors (Lipinski definition) is 3. The molecule has 0 fully saturated rings. The quantitative estimate of drug-likeness (QED) is 0.777. The molecule has 1 atom stereocenters. The first-order valence-electron chi connectivity index (χ1n) is 5.95. The molecule has 1 aliphatic rings. The number of amides is 1. The van der Waals surface area contributed by atoms with Crippen molar-refractivity contribution in [1.29, 1.82) is 0 Å². The van der Waals surface area contributed by atoms with Crippen molar-refractivity contribution < 1.29 is 4.79 Å². The Bertz CT molecular complexity index is 370. The molecule has 0 saturated heterocycles. The summed E-state index contributed by atoms with van der Waals surface area (Å²) >= 11 is 1.94. The van der Waals surface area contributed by atoms with Gasteiger partial charge in [-0.25, -0.2) is 0 Å². The second-order valence-electron chi connectivity index (χ2n) is 4.18. The first-order chi connectivity index (χ1) is 8.29. The van der Waals surface area contributed by atoms with Gasteiger partial charge in [-0.1, -0.05) is 18.2 Å². The zero-order chi connectivity index (χ0) is 12.1. The minimum Gasteiger partial charge on any atom is -0.359 e. The molecule has 1 aromatic carbocycles. The van der Waals surface area contributed by atoms with Gasteiger partial charge in [-0.15, -0.1) is 11.8 Å². The average Bonchev–Trinajstić information content (AvgIpc) is 2.76. The maximum Gasteiger partial charge on any atom is 0.221 e. The van der Waals surface area contributed by atoms with E-state index in [0.29, 0.717) is 11.7 Å². The second-order valence-corrected chi connectivity index (χ2v) is 5.52. The van der Waals surface area contributed by atoms with Gasteiger partial charge in [-0.2, -0.15) is 0 Å². The lowest BCUT2D eigenvalue weighted by Gasteiger charge is -2.09. The third-order valence-electron chi connectivity index (χ3n) is 2.89. The summed E-state index contributed by atoms with van der Waals surface area (Å²) in [4.78, 5) is 12.4. The van der Waals surface area contributed by atoms with Crippen molar-refractivity contribution in [1.82, 2.24) is 10.6 Å². The summed E-state index contributed by atoms with van der Waals surface area (Å²) in [6, 6.07) is 8.57. The number of nitrogens with one attached hydrogen (secondary N) is 2. The fraction of sp³-hybridized carbons (Fsp3) is 0.462. The van der Waals surface area contributed by atoms with Gasteiger partial charge in [0.25, 0.3) is 0 Å². The van der Waals surface area contributed by atoms with Gasteiger partial charge in [-0.3, -0.25) is 4.79 Å². The van der Waals surface area contributed by atoms with Crippen molar-refractivity contribution in [2.45, 2.75) is 23.0 Å². The first kappa shape index (κ1) is 12.5. The van der Waals surface area contributed by atoms with Crippen molar-refractivity contribution in [3.63, 3.8) is 0 Å². The Labute approximate surface area is 106 Å². The summed E-state index contributed by atoms with van der Waals surface area (Å²) in [6.07, 6.45) is 1.69. The van der Waals surface area contributed by atoms with Crippen molar-refractivity contribution in [3.05, 3.63) is 29.8 Å². The van der Waals surface area contributed by atoms with Gasteiger partial charge >= 0.3 is 0 Å². The maximum atomic E-state index is 11.0. The highest BCUT2D eigenvalue weighted by Gasteiger charge is 2.20. The van der Waals surface area contributed by atoms with E-state index in [4.69, 9.17) is 0 Å². The largest absolute Gasteiger partial charge is 0.359 e. The topological polar surface area (TPSA) is 41.1 Å². The molecule has 0 bridgehead atoms. The number of carbonyl (C=O) groups excluding carboxylic acids is 1. The van der Waals surface area contributed by atoms with Gasteiger partial charge in [0, 0.05) is 36.7 Å². The van der Waals surface area contributed by atoms with Crippen molar-refractivity contribution in [2.24, 2.45) is 0 Å². The molecule has 0 spiro atoms. The Hall–Kier alpha value is -1.00. The highest BCUT2D eigenvalue weighted by atomic mass is 32.2. The Balaban J connectivity index is 1.68. The number of carbonyl (C=O) groups is 1. The van der Waals surface area contributed by atoms with E-state index in [0.717, 1.165) is 19.5 Å². The third kappa shape index (κ3) is 3.48. The lowest BCUT2D eigenvalue weighted by molar-refractivity contribution is -0.120. The minimum atomic E-state index is 0.0971. The normalized spacial score (nSPS) is 17.8. The van der Waals surface area contributed by atoms with Crippen LogP contribution in [0.2, 0.25) is 0 Å². The van der Waals surface area contributed by atoms with Crippen LogP contribution in [0.3, 0.4) is 0 Å². The Morgan fingerprint density at radius 1 is 1.47 bits per heavy atom. The van der Waals surface area contributed by atoms with Crippen molar-refractivity contribution >= 4 is 17.7 Å². The molecule has 1 amide bonds. The third-order valence-corrected chi connectivity index (χ3v) is 4.21. The van der Waals surface area contributed by atoms with Crippen molar-refractivity contribution in [2.75, 3.05) is 20.1 Å². The molecule has 92 valence electrons. The van der Waals surface area contributed by atoms with Crippen LogP contribution in [0, 0.1) is 0 Å².